The smallest absolute Gasteiger partial charge is 0.227 e. The summed E-state index contributed by atoms with van der Waals surface area (Å²) in [6.07, 6.45) is 2.09. The van der Waals surface area contributed by atoms with Crippen LogP contribution in [0.15, 0.2) is 36.5 Å². The molecule has 1 unspecified atom stereocenters. The fourth-order valence-corrected chi connectivity index (χ4v) is 2.32. The van der Waals surface area contributed by atoms with E-state index in [9.17, 15) is 4.79 Å². The molecule has 5 nitrogen and oxygen atoms in total. The van der Waals surface area contributed by atoms with Crippen molar-refractivity contribution < 1.29 is 9.53 Å². The number of morpholine rings is 1. The Hall–Kier alpha value is -1.98. The predicted octanol–water partition coefficient (Wildman–Crippen LogP) is 1.55. The lowest BCUT2D eigenvalue weighted by molar-refractivity contribution is -0.119. The number of carbonyl (C=O) groups excluding carboxylic acids is 1. The lowest BCUT2D eigenvalue weighted by Gasteiger charge is -2.23. The van der Waals surface area contributed by atoms with Crippen molar-refractivity contribution in [1.29, 1.82) is 0 Å². The third-order valence-electron chi connectivity index (χ3n) is 3.30. The van der Waals surface area contributed by atoms with Gasteiger partial charge in [0.1, 0.15) is 0 Å². The number of aromatic nitrogens is 1. The van der Waals surface area contributed by atoms with E-state index >= 15 is 0 Å². The van der Waals surface area contributed by atoms with Crippen molar-refractivity contribution in [3.05, 3.63) is 36.5 Å². The number of rotatable bonds is 3. The molecule has 1 amide bonds. The molecule has 1 atom stereocenters. The van der Waals surface area contributed by atoms with Crippen LogP contribution in [0, 0.1) is 0 Å². The van der Waals surface area contributed by atoms with Gasteiger partial charge in [0.25, 0.3) is 0 Å². The largest absolute Gasteiger partial charge is 0.375 e. The third kappa shape index (κ3) is 3.12. The maximum absolute atomic E-state index is 12.0. The molecule has 2 heterocycles. The highest BCUT2D eigenvalue weighted by Gasteiger charge is 2.17. The van der Waals surface area contributed by atoms with Crippen LogP contribution in [0.3, 0.4) is 0 Å². The molecule has 1 aliphatic heterocycles. The molecule has 2 aromatic rings. The van der Waals surface area contributed by atoms with E-state index in [0.717, 1.165) is 29.7 Å². The molecule has 2 N–H and O–H groups in total. The highest BCUT2D eigenvalue weighted by atomic mass is 16.5. The molecule has 1 aromatic carbocycles. The molecular weight excluding hydrogens is 254 g/mol. The number of nitrogens with zero attached hydrogens (tertiary/aromatic N) is 1. The van der Waals surface area contributed by atoms with E-state index in [1.165, 1.54) is 0 Å². The van der Waals surface area contributed by atoms with Gasteiger partial charge in [0, 0.05) is 30.4 Å². The van der Waals surface area contributed by atoms with Gasteiger partial charge < -0.3 is 15.4 Å². The predicted molar refractivity (Wildman–Crippen MR) is 77.6 cm³/mol. The van der Waals surface area contributed by atoms with Crippen molar-refractivity contribution in [2.24, 2.45) is 0 Å². The fourth-order valence-electron chi connectivity index (χ4n) is 2.32. The summed E-state index contributed by atoms with van der Waals surface area (Å²) in [6.45, 7) is 2.25. The monoisotopic (exact) mass is 271 g/mol. The number of fused-ring (bicyclic) bond motifs is 1. The molecule has 1 aromatic heterocycles. The molecule has 3 rings (SSSR count). The van der Waals surface area contributed by atoms with Crippen LogP contribution in [0.4, 0.5) is 5.69 Å². The number of carbonyl (C=O) groups is 1. The van der Waals surface area contributed by atoms with Crippen molar-refractivity contribution in [2.45, 2.75) is 12.5 Å². The zero-order valence-corrected chi connectivity index (χ0v) is 11.1. The quantitative estimate of drug-likeness (QED) is 0.889. The van der Waals surface area contributed by atoms with Crippen LogP contribution in [0.2, 0.25) is 0 Å². The SMILES string of the molecule is O=C(CC1CNCCO1)Nc1ccc2ncccc2c1. The second-order valence-corrected chi connectivity index (χ2v) is 4.86. The van der Waals surface area contributed by atoms with Gasteiger partial charge in [-0.1, -0.05) is 6.07 Å². The molecule has 0 bridgehead atoms. The Kier molecular flexibility index (Phi) is 3.90. The van der Waals surface area contributed by atoms with Crippen LogP contribution in [0.5, 0.6) is 0 Å². The van der Waals surface area contributed by atoms with E-state index in [1.807, 2.05) is 30.3 Å². The highest BCUT2D eigenvalue weighted by molar-refractivity contribution is 5.93. The fraction of sp³-hybridized carbons (Fsp3) is 0.333. The number of pyridine rings is 1. The molecule has 104 valence electrons. The summed E-state index contributed by atoms with van der Waals surface area (Å²) in [6, 6.07) is 9.57. The third-order valence-corrected chi connectivity index (χ3v) is 3.30. The first-order valence-corrected chi connectivity index (χ1v) is 6.78. The van der Waals surface area contributed by atoms with E-state index in [0.29, 0.717) is 13.0 Å². The standard InChI is InChI=1S/C15H17N3O2/c19-15(9-13-10-16-6-7-20-13)18-12-3-4-14-11(8-12)2-1-5-17-14/h1-5,8,13,16H,6-7,9-10H2,(H,18,19). The highest BCUT2D eigenvalue weighted by Crippen LogP contribution is 2.17. The lowest BCUT2D eigenvalue weighted by atomic mass is 10.2. The van der Waals surface area contributed by atoms with E-state index in [4.69, 9.17) is 4.74 Å². The maximum atomic E-state index is 12.0. The molecule has 0 radical (unpaired) electrons. The van der Waals surface area contributed by atoms with Gasteiger partial charge in [-0.3, -0.25) is 9.78 Å². The summed E-state index contributed by atoms with van der Waals surface area (Å²) < 4.78 is 5.52. The zero-order chi connectivity index (χ0) is 13.8. The van der Waals surface area contributed by atoms with E-state index < -0.39 is 0 Å². The van der Waals surface area contributed by atoms with Gasteiger partial charge in [-0.05, 0) is 24.3 Å². The number of ether oxygens (including phenoxy) is 1. The van der Waals surface area contributed by atoms with Crippen molar-refractivity contribution in [1.82, 2.24) is 10.3 Å². The lowest BCUT2D eigenvalue weighted by Crippen LogP contribution is -2.40. The van der Waals surface area contributed by atoms with Crippen LogP contribution in [-0.2, 0) is 9.53 Å². The summed E-state index contributed by atoms with van der Waals surface area (Å²) in [5.74, 6) is -0.0260. The number of hydrogen-bond acceptors (Lipinski definition) is 4. The number of anilines is 1. The summed E-state index contributed by atoms with van der Waals surface area (Å²) in [4.78, 5) is 16.2. The van der Waals surface area contributed by atoms with Crippen LogP contribution >= 0.6 is 0 Å². The second kappa shape index (κ2) is 5.98. The van der Waals surface area contributed by atoms with E-state index in [1.54, 1.807) is 6.20 Å². The normalized spacial score (nSPS) is 18.9. The minimum Gasteiger partial charge on any atom is -0.375 e. The summed E-state index contributed by atoms with van der Waals surface area (Å²) >= 11 is 0. The number of hydrogen-bond donors (Lipinski definition) is 2. The second-order valence-electron chi connectivity index (χ2n) is 4.86. The molecular formula is C15H17N3O2. The average Bonchev–Trinajstić information content (AvgIpc) is 2.48. The van der Waals surface area contributed by atoms with Crippen molar-refractivity contribution in [3.63, 3.8) is 0 Å². The van der Waals surface area contributed by atoms with Gasteiger partial charge in [0.2, 0.25) is 5.91 Å². The first kappa shape index (κ1) is 13.0. The average molecular weight is 271 g/mol. The Morgan fingerprint density at radius 3 is 3.25 bits per heavy atom. The molecule has 1 saturated heterocycles. The van der Waals surface area contributed by atoms with Gasteiger partial charge in [0.05, 0.1) is 24.6 Å². The Balaban J connectivity index is 1.64. The summed E-state index contributed by atoms with van der Waals surface area (Å²) in [5.41, 5.74) is 1.71. The van der Waals surface area contributed by atoms with E-state index in [2.05, 4.69) is 15.6 Å². The minimum absolute atomic E-state index is 0.0260. The Morgan fingerprint density at radius 2 is 2.40 bits per heavy atom. The Morgan fingerprint density at radius 1 is 1.45 bits per heavy atom. The van der Waals surface area contributed by atoms with Crippen LogP contribution in [0.1, 0.15) is 6.42 Å². The maximum Gasteiger partial charge on any atom is 0.227 e. The first-order valence-electron chi connectivity index (χ1n) is 6.78. The summed E-state index contributed by atoms with van der Waals surface area (Å²) in [5, 5.41) is 7.14. The molecule has 1 fully saturated rings. The topological polar surface area (TPSA) is 63.2 Å². The molecule has 20 heavy (non-hydrogen) atoms. The van der Waals surface area contributed by atoms with Crippen molar-refractivity contribution >= 4 is 22.5 Å². The van der Waals surface area contributed by atoms with Gasteiger partial charge in [0.15, 0.2) is 0 Å². The molecule has 5 heteroatoms. The Bertz CT molecular complexity index is 609. The molecule has 0 saturated carbocycles. The Labute approximate surface area is 117 Å². The van der Waals surface area contributed by atoms with Crippen LogP contribution in [-0.4, -0.2) is 36.7 Å². The zero-order valence-electron chi connectivity index (χ0n) is 11.1. The minimum atomic E-state index is -0.0362. The molecule has 0 spiro atoms. The van der Waals surface area contributed by atoms with Gasteiger partial charge in [-0.15, -0.1) is 0 Å². The number of nitrogens with one attached hydrogen (secondary N) is 2. The van der Waals surface area contributed by atoms with Gasteiger partial charge in [-0.25, -0.2) is 0 Å². The van der Waals surface area contributed by atoms with Crippen LogP contribution < -0.4 is 10.6 Å². The number of benzene rings is 1. The number of amides is 1. The van der Waals surface area contributed by atoms with Crippen molar-refractivity contribution in [2.75, 3.05) is 25.0 Å². The van der Waals surface area contributed by atoms with Crippen LogP contribution in [0.25, 0.3) is 10.9 Å². The summed E-state index contributed by atoms with van der Waals surface area (Å²) in [7, 11) is 0. The van der Waals surface area contributed by atoms with Gasteiger partial charge >= 0.3 is 0 Å². The first-order chi connectivity index (χ1) is 9.81. The molecule has 0 aliphatic carbocycles. The van der Waals surface area contributed by atoms with Gasteiger partial charge in [-0.2, -0.15) is 0 Å². The van der Waals surface area contributed by atoms with Crippen molar-refractivity contribution in [3.8, 4) is 0 Å². The molecule has 1 aliphatic rings. The van der Waals surface area contributed by atoms with E-state index in [-0.39, 0.29) is 12.0 Å².